The molecule has 4 heteroatoms. The van der Waals surface area contributed by atoms with E-state index in [-0.39, 0.29) is 29.6 Å². The monoisotopic (exact) mass is 303 g/mol. The molecule has 3 unspecified atom stereocenters. The summed E-state index contributed by atoms with van der Waals surface area (Å²) in [4.78, 5) is 26.9. The topological polar surface area (TPSA) is 37.4 Å². The normalized spacial score (nSPS) is 24.0. The van der Waals surface area contributed by atoms with Crippen LogP contribution < -0.4 is 0 Å². The fourth-order valence-electron chi connectivity index (χ4n) is 3.38. The van der Waals surface area contributed by atoms with Gasteiger partial charge in [0, 0.05) is 5.92 Å². The van der Waals surface area contributed by atoms with E-state index in [1.54, 1.807) is 0 Å². The summed E-state index contributed by atoms with van der Waals surface area (Å²) >= 11 is 0. The molecule has 1 fully saturated rings. The van der Waals surface area contributed by atoms with Crippen LogP contribution in [0.25, 0.3) is 0 Å². The molecular weight excluding hydrogens is 276 g/mol. The van der Waals surface area contributed by atoms with Gasteiger partial charge in [0.05, 0.1) is 27.1 Å². The second-order valence-electron chi connectivity index (χ2n) is 7.28. The number of nitrogens with zero attached hydrogens (tertiary/aromatic N) is 2. The van der Waals surface area contributed by atoms with Crippen molar-refractivity contribution in [1.82, 2.24) is 4.90 Å². The summed E-state index contributed by atoms with van der Waals surface area (Å²) in [5, 5.41) is 0. The summed E-state index contributed by atoms with van der Waals surface area (Å²) in [5.74, 6) is -0.431. The Bertz CT molecular complexity index is 548. The van der Waals surface area contributed by atoms with Gasteiger partial charge >= 0.3 is 0 Å². The molecule has 0 N–H and O–H groups in total. The van der Waals surface area contributed by atoms with Gasteiger partial charge in [-0.15, -0.1) is 0 Å². The summed E-state index contributed by atoms with van der Waals surface area (Å²) < 4.78 is 0.569. The zero-order valence-electron chi connectivity index (χ0n) is 14.2. The maximum atomic E-state index is 12.9. The molecule has 3 atom stereocenters. The number of hydrogen-bond donors (Lipinski definition) is 0. The number of imide groups is 1. The van der Waals surface area contributed by atoms with E-state index in [1.165, 1.54) is 4.90 Å². The first-order valence-corrected chi connectivity index (χ1v) is 7.97. The highest BCUT2D eigenvalue weighted by atomic mass is 16.2. The van der Waals surface area contributed by atoms with E-state index >= 15 is 0 Å². The van der Waals surface area contributed by atoms with Crippen LogP contribution in [-0.4, -0.2) is 49.0 Å². The highest BCUT2D eigenvalue weighted by molar-refractivity contribution is 6.05. The van der Waals surface area contributed by atoms with Crippen LogP contribution in [0.5, 0.6) is 0 Å². The molecule has 120 valence electrons. The fourth-order valence-corrected chi connectivity index (χ4v) is 3.38. The molecule has 0 aliphatic carbocycles. The highest BCUT2D eigenvalue weighted by Gasteiger charge is 2.49. The molecule has 0 saturated carbocycles. The molecule has 0 aromatic heterocycles. The third-order valence-electron chi connectivity index (χ3n) is 4.41. The number of amides is 2. The molecular formula is C18H27N2O2+. The van der Waals surface area contributed by atoms with Crippen LogP contribution in [0.4, 0.5) is 0 Å². The van der Waals surface area contributed by atoms with Crippen molar-refractivity contribution >= 4 is 11.8 Å². The minimum Gasteiger partial charge on any atom is -0.313 e. The van der Waals surface area contributed by atoms with Crippen molar-refractivity contribution in [1.29, 1.82) is 0 Å². The van der Waals surface area contributed by atoms with Crippen LogP contribution in [0.1, 0.15) is 31.7 Å². The van der Waals surface area contributed by atoms with Gasteiger partial charge in [-0.25, -0.2) is 4.90 Å². The lowest BCUT2D eigenvalue weighted by molar-refractivity contribution is -0.877. The van der Waals surface area contributed by atoms with Gasteiger partial charge in [-0.1, -0.05) is 44.2 Å². The average Bonchev–Trinajstić information content (AvgIpc) is 2.66. The van der Waals surface area contributed by atoms with Gasteiger partial charge in [0.25, 0.3) is 0 Å². The molecule has 2 rings (SSSR count). The smallest absolute Gasteiger partial charge is 0.238 e. The van der Waals surface area contributed by atoms with Crippen molar-refractivity contribution in [3.05, 3.63) is 35.9 Å². The van der Waals surface area contributed by atoms with Crippen molar-refractivity contribution < 1.29 is 14.1 Å². The third-order valence-corrected chi connectivity index (χ3v) is 4.41. The van der Waals surface area contributed by atoms with E-state index in [2.05, 4.69) is 19.1 Å². The lowest BCUT2D eigenvalue weighted by Crippen LogP contribution is -2.48. The van der Waals surface area contributed by atoms with E-state index in [4.69, 9.17) is 0 Å². The van der Waals surface area contributed by atoms with E-state index in [0.717, 1.165) is 12.0 Å². The first-order chi connectivity index (χ1) is 10.3. The quantitative estimate of drug-likeness (QED) is 0.619. The molecule has 22 heavy (non-hydrogen) atoms. The Morgan fingerprint density at radius 2 is 1.68 bits per heavy atom. The van der Waals surface area contributed by atoms with E-state index in [0.29, 0.717) is 11.2 Å². The van der Waals surface area contributed by atoms with Crippen LogP contribution in [0.3, 0.4) is 0 Å². The highest BCUT2D eigenvalue weighted by Crippen LogP contribution is 2.39. The standard InChI is InChI=1S/C18H27N2O2/c1-6-15(14-10-8-7-9-11-14)16-13(2)17(21)19(18(16)22)12-20(3,4)5/h7-11,13,15-16H,6,12H2,1-5H3/q+1. The van der Waals surface area contributed by atoms with Crippen LogP contribution in [-0.2, 0) is 9.59 Å². The molecule has 0 spiro atoms. The molecule has 4 nitrogen and oxygen atoms in total. The number of rotatable bonds is 5. The van der Waals surface area contributed by atoms with Crippen molar-refractivity contribution in [2.45, 2.75) is 26.2 Å². The molecule has 0 radical (unpaired) electrons. The van der Waals surface area contributed by atoms with Gasteiger partial charge in [-0.2, -0.15) is 0 Å². The zero-order valence-corrected chi connectivity index (χ0v) is 14.2. The van der Waals surface area contributed by atoms with Gasteiger partial charge in [0.2, 0.25) is 11.8 Å². The SMILES string of the molecule is CCC(c1ccccc1)C1C(=O)N(C[N+](C)(C)C)C(=O)C1C. The van der Waals surface area contributed by atoms with Crippen molar-refractivity contribution in [2.75, 3.05) is 27.8 Å². The predicted molar refractivity (Wildman–Crippen MR) is 86.9 cm³/mol. The minimum absolute atomic E-state index is 0.0127. The van der Waals surface area contributed by atoms with Crippen LogP contribution >= 0.6 is 0 Å². The van der Waals surface area contributed by atoms with Crippen LogP contribution in [0.15, 0.2) is 30.3 Å². The lowest BCUT2D eigenvalue weighted by atomic mass is 9.78. The first-order valence-electron chi connectivity index (χ1n) is 7.97. The van der Waals surface area contributed by atoms with Gasteiger partial charge in [-0.05, 0) is 17.9 Å². The first kappa shape index (κ1) is 16.7. The van der Waals surface area contributed by atoms with Crippen molar-refractivity contribution in [2.24, 2.45) is 11.8 Å². The minimum atomic E-state index is -0.246. The molecule has 1 aromatic rings. The predicted octanol–water partition coefficient (Wildman–Crippen LogP) is 2.46. The van der Waals surface area contributed by atoms with Crippen molar-refractivity contribution in [3.8, 4) is 0 Å². The Labute approximate surface area is 133 Å². The number of benzene rings is 1. The molecule has 1 aliphatic heterocycles. The van der Waals surface area contributed by atoms with Crippen LogP contribution in [0.2, 0.25) is 0 Å². The summed E-state index contributed by atoms with van der Waals surface area (Å²) in [6, 6.07) is 10.1. The molecule has 1 saturated heterocycles. The molecule has 1 aliphatic rings. The second kappa shape index (κ2) is 6.21. The fraction of sp³-hybridized carbons (Fsp3) is 0.556. The van der Waals surface area contributed by atoms with Crippen LogP contribution in [0, 0.1) is 11.8 Å². The summed E-state index contributed by atoms with van der Waals surface area (Å²) in [6.07, 6.45) is 0.857. The Hall–Kier alpha value is -1.68. The maximum absolute atomic E-state index is 12.9. The van der Waals surface area contributed by atoms with Crippen molar-refractivity contribution in [3.63, 3.8) is 0 Å². The molecule has 1 heterocycles. The third kappa shape index (κ3) is 3.22. The number of hydrogen-bond acceptors (Lipinski definition) is 2. The Morgan fingerprint density at radius 1 is 1.09 bits per heavy atom. The van der Waals surface area contributed by atoms with Gasteiger partial charge in [-0.3, -0.25) is 9.59 Å². The molecule has 0 bridgehead atoms. The van der Waals surface area contributed by atoms with E-state index < -0.39 is 0 Å². The average molecular weight is 303 g/mol. The summed E-state index contributed by atoms with van der Waals surface area (Å²) in [6.45, 7) is 4.42. The maximum Gasteiger partial charge on any atom is 0.238 e. The van der Waals surface area contributed by atoms with E-state index in [1.807, 2.05) is 46.3 Å². The van der Waals surface area contributed by atoms with E-state index in [9.17, 15) is 9.59 Å². The Kier molecular flexibility index (Phi) is 4.71. The molecule has 1 aromatic carbocycles. The zero-order chi connectivity index (χ0) is 16.5. The van der Waals surface area contributed by atoms with Gasteiger partial charge < -0.3 is 4.48 Å². The Balaban J connectivity index is 2.31. The number of carbonyl (C=O) groups excluding carboxylic acids is 2. The number of quaternary nitrogens is 1. The summed E-state index contributed by atoms with van der Waals surface area (Å²) in [7, 11) is 5.98. The molecule has 2 amide bonds. The van der Waals surface area contributed by atoms with Gasteiger partial charge in [0.15, 0.2) is 6.67 Å². The Morgan fingerprint density at radius 3 is 2.18 bits per heavy atom. The number of carbonyl (C=O) groups is 2. The second-order valence-corrected chi connectivity index (χ2v) is 7.28. The summed E-state index contributed by atoms with van der Waals surface area (Å²) in [5.41, 5.74) is 1.15. The van der Waals surface area contributed by atoms with Gasteiger partial charge in [0.1, 0.15) is 0 Å². The lowest BCUT2D eigenvalue weighted by Gasteiger charge is -2.29. The largest absolute Gasteiger partial charge is 0.313 e. The number of likely N-dealkylation sites (tertiary alicyclic amines) is 1.